The van der Waals surface area contributed by atoms with Crippen LogP contribution in [0.3, 0.4) is 0 Å². The fourth-order valence-electron chi connectivity index (χ4n) is 2.14. The summed E-state index contributed by atoms with van der Waals surface area (Å²) in [7, 11) is 0. The number of thiophene rings is 1. The Labute approximate surface area is 131 Å². The van der Waals surface area contributed by atoms with Gasteiger partial charge < -0.3 is 5.11 Å². The van der Waals surface area contributed by atoms with Crippen LogP contribution in [0, 0.1) is 5.82 Å². The number of phenols is 1. The lowest BCUT2D eigenvalue weighted by Gasteiger charge is -1.99. The van der Waals surface area contributed by atoms with Crippen molar-refractivity contribution in [1.82, 2.24) is 0 Å². The molecule has 0 amide bonds. The van der Waals surface area contributed by atoms with Gasteiger partial charge in [0, 0.05) is 11.3 Å². The summed E-state index contributed by atoms with van der Waals surface area (Å²) < 4.78 is 12.9. The van der Waals surface area contributed by atoms with E-state index in [1.54, 1.807) is 30.3 Å². The number of halogens is 1. The molecule has 1 N–H and O–H groups in total. The van der Waals surface area contributed by atoms with Gasteiger partial charge in [0.2, 0.25) is 0 Å². The van der Waals surface area contributed by atoms with Gasteiger partial charge in [-0.1, -0.05) is 12.1 Å². The lowest BCUT2D eigenvalue weighted by molar-refractivity contribution is 0.0997. The van der Waals surface area contributed by atoms with Crippen LogP contribution in [0.25, 0.3) is 10.4 Å². The van der Waals surface area contributed by atoms with Crippen molar-refractivity contribution in [3.63, 3.8) is 0 Å². The molecule has 0 saturated carbocycles. The standard InChI is InChI=1S/C18H13FO2S/c19-14-5-1-12(2-6-14)11-16(21)18-10-9-17(22-18)13-3-7-15(20)8-4-13/h1-10,20H,11H2. The summed E-state index contributed by atoms with van der Waals surface area (Å²) in [6.45, 7) is 0. The van der Waals surface area contributed by atoms with Crippen molar-refractivity contribution in [3.05, 3.63) is 76.9 Å². The molecule has 1 heterocycles. The average molecular weight is 312 g/mol. The zero-order valence-corrected chi connectivity index (χ0v) is 12.4. The van der Waals surface area contributed by atoms with Crippen LogP contribution in [0.15, 0.2) is 60.7 Å². The molecule has 4 heteroatoms. The van der Waals surface area contributed by atoms with Gasteiger partial charge in [0.15, 0.2) is 5.78 Å². The van der Waals surface area contributed by atoms with Gasteiger partial charge in [0.25, 0.3) is 0 Å². The monoisotopic (exact) mass is 312 g/mol. The highest BCUT2D eigenvalue weighted by atomic mass is 32.1. The fraction of sp³-hybridized carbons (Fsp3) is 0.0556. The van der Waals surface area contributed by atoms with Crippen LogP contribution in [-0.2, 0) is 6.42 Å². The molecule has 3 aromatic rings. The third-order valence-electron chi connectivity index (χ3n) is 3.31. The van der Waals surface area contributed by atoms with Gasteiger partial charge in [0.05, 0.1) is 4.88 Å². The smallest absolute Gasteiger partial charge is 0.177 e. The first-order valence-corrected chi connectivity index (χ1v) is 7.60. The highest BCUT2D eigenvalue weighted by Crippen LogP contribution is 2.29. The highest BCUT2D eigenvalue weighted by molar-refractivity contribution is 7.17. The summed E-state index contributed by atoms with van der Waals surface area (Å²) in [6, 6.07) is 16.5. The normalized spacial score (nSPS) is 10.6. The van der Waals surface area contributed by atoms with Crippen molar-refractivity contribution in [2.75, 3.05) is 0 Å². The maximum absolute atomic E-state index is 12.9. The molecular formula is C18H13FO2S. The minimum absolute atomic E-state index is 0.0154. The number of hydrogen-bond donors (Lipinski definition) is 1. The molecule has 0 atom stereocenters. The Morgan fingerprint density at radius 3 is 2.32 bits per heavy atom. The second kappa shape index (κ2) is 6.12. The van der Waals surface area contributed by atoms with E-state index < -0.39 is 0 Å². The molecule has 0 unspecified atom stereocenters. The van der Waals surface area contributed by atoms with Gasteiger partial charge in [-0.3, -0.25) is 4.79 Å². The Morgan fingerprint density at radius 1 is 0.955 bits per heavy atom. The van der Waals surface area contributed by atoms with Gasteiger partial charge in [-0.05, 0) is 59.7 Å². The van der Waals surface area contributed by atoms with Crippen LogP contribution in [0.1, 0.15) is 15.2 Å². The number of hydrogen-bond acceptors (Lipinski definition) is 3. The van der Waals surface area contributed by atoms with Crippen molar-refractivity contribution >= 4 is 17.1 Å². The van der Waals surface area contributed by atoms with E-state index in [9.17, 15) is 14.3 Å². The third kappa shape index (κ3) is 3.23. The van der Waals surface area contributed by atoms with Crippen molar-refractivity contribution in [2.24, 2.45) is 0 Å². The Bertz CT molecular complexity index is 789. The molecule has 0 spiro atoms. The number of Topliss-reactive ketones (excluding diaryl/α,β-unsaturated/α-hetero) is 1. The van der Waals surface area contributed by atoms with Crippen LogP contribution in [0.5, 0.6) is 5.75 Å². The van der Waals surface area contributed by atoms with Crippen molar-refractivity contribution < 1.29 is 14.3 Å². The average Bonchev–Trinajstić information content (AvgIpc) is 3.00. The molecule has 22 heavy (non-hydrogen) atoms. The quantitative estimate of drug-likeness (QED) is 0.710. The van der Waals surface area contributed by atoms with E-state index in [4.69, 9.17) is 0 Å². The largest absolute Gasteiger partial charge is 0.508 e. The molecule has 2 nitrogen and oxygen atoms in total. The zero-order chi connectivity index (χ0) is 15.5. The number of carbonyl (C=O) groups excluding carboxylic acids is 1. The number of aromatic hydroxyl groups is 1. The Hall–Kier alpha value is -2.46. The number of rotatable bonds is 4. The molecule has 1 aromatic heterocycles. The second-order valence-electron chi connectivity index (χ2n) is 4.94. The molecule has 0 radical (unpaired) electrons. The van der Waals surface area contributed by atoms with Crippen molar-refractivity contribution in [3.8, 4) is 16.2 Å². The zero-order valence-electron chi connectivity index (χ0n) is 11.6. The van der Waals surface area contributed by atoms with Gasteiger partial charge in [-0.15, -0.1) is 11.3 Å². The number of ketones is 1. The lowest BCUT2D eigenvalue weighted by atomic mass is 10.1. The molecule has 2 aromatic carbocycles. The van der Waals surface area contributed by atoms with Gasteiger partial charge in [-0.25, -0.2) is 4.39 Å². The predicted molar refractivity (Wildman–Crippen MR) is 85.9 cm³/mol. The first-order valence-electron chi connectivity index (χ1n) is 6.79. The Balaban J connectivity index is 1.76. The molecule has 3 rings (SSSR count). The first kappa shape index (κ1) is 14.5. The second-order valence-corrected chi connectivity index (χ2v) is 6.02. The third-order valence-corrected chi connectivity index (χ3v) is 4.49. The first-order chi connectivity index (χ1) is 10.6. The molecule has 0 bridgehead atoms. The molecular weight excluding hydrogens is 299 g/mol. The van der Waals surface area contributed by atoms with Crippen LogP contribution in [0.4, 0.5) is 4.39 Å². The van der Waals surface area contributed by atoms with Gasteiger partial charge in [0.1, 0.15) is 11.6 Å². The number of phenolic OH excluding ortho intramolecular Hbond substituents is 1. The molecule has 0 fully saturated rings. The number of carbonyl (C=O) groups is 1. The Morgan fingerprint density at radius 2 is 1.64 bits per heavy atom. The van der Waals surface area contributed by atoms with E-state index in [0.717, 1.165) is 16.0 Å². The molecule has 0 saturated heterocycles. The van der Waals surface area contributed by atoms with Gasteiger partial charge in [-0.2, -0.15) is 0 Å². The SMILES string of the molecule is O=C(Cc1ccc(F)cc1)c1ccc(-c2ccc(O)cc2)s1. The van der Waals surface area contributed by atoms with E-state index >= 15 is 0 Å². The molecule has 0 aliphatic rings. The van der Waals surface area contributed by atoms with Crippen LogP contribution < -0.4 is 0 Å². The Kier molecular flexibility index (Phi) is 4.02. The van der Waals surface area contributed by atoms with Crippen LogP contribution >= 0.6 is 11.3 Å². The summed E-state index contributed by atoms with van der Waals surface area (Å²) in [6.07, 6.45) is 0.260. The summed E-state index contributed by atoms with van der Waals surface area (Å²) in [5.74, 6) is -0.0727. The summed E-state index contributed by atoms with van der Waals surface area (Å²) in [4.78, 5) is 13.9. The van der Waals surface area contributed by atoms with E-state index in [-0.39, 0.29) is 23.8 Å². The van der Waals surface area contributed by atoms with Crippen molar-refractivity contribution in [1.29, 1.82) is 0 Å². The van der Waals surface area contributed by atoms with Crippen molar-refractivity contribution in [2.45, 2.75) is 6.42 Å². The fourth-order valence-corrected chi connectivity index (χ4v) is 3.09. The summed E-state index contributed by atoms with van der Waals surface area (Å²) >= 11 is 1.42. The maximum Gasteiger partial charge on any atom is 0.177 e. The predicted octanol–water partition coefficient (Wildman–Crippen LogP) is 4.69. The van der Waals surface area contributed by atoms with E-state index in [0.29, 0.717) is 4.88 Å². The van der Waals surface area contributed by atoms with E-state index in [1.165, 1.54) is 23.5 Å². The summed E-state index contributed by atoms with van der Waals surface area (Å²) in [5.41, 5.74) is 1.76. The van der Waals surface area contributed by atoms with Crippen LogP contribution in [-0.4, -0.2) is 10.9 Å². The molecule has 0 aliphatic carbocycles. The molecule has 0 aliphatic heterocycles. The molecule has 110 valence electrons. The number of benzene rings is 2. The highest BCUT2D eigenvalue weighted by Gasteiger charge is 2.11. The van der Waals surface area contributed by atoms with Crippen LogP contribution in [0.2, 0.25) is 0 Å². The maximum atomic E-state index is 12.9. The van der Waals surface area contributed by atoms with E-state index in [2.05, 4.69) is 0 Å². The van der Waals surface area contributed by atoms with Gasteiger partial charge >= 0.3 is 0 Å². The lowest BCUT2D eigenvalue weighted by Crippen LogP contribution is -2.00. The minimum atomic E-state index is -0.304. The minimum Gasteiger partial charge on any atom is -0.508 e. The summed E-state index contributed by atoms with van der Waals surface area (Å²) in [5, 5.41) is 9.30. The van der Waals surface area contributed by atoms with E-state index in [1.807, 2.05) is 18.2 Å². The topological polar surface area (TPSA) is 37.3 Å².